The van der Waals surface area contributed by atoms with Gasteiger partial charge in [-0.3, -0.25) is 0 Å². The molecule has 2 amide bonds. The van der Waals surface area contributed by atoms with Crippen molar-refractivity contribution < 1.29 is 13.2 Å². The Morgan fingerprint density at radius 1 is 1.29 bits per heavy atom. The van der Waals surface area contributed by atoms with E-state index >= 15 is 0 Å². The van der Waals surface area contributed by atoms with E-state index in [1.165, 1.54) is 26.3 Å². The zero-order chi connectivity index (χ0) is 15.3. The van der Waals surface area contributed by atoms with Gasteiger partial charge in [-0.15, -0.1) is 11.3 Å². The summed E-state index contributed by atoms with van der Waals surface area (Å²) in [6.45, 7) is 0.336. The normalized spacial score (nSPS) is 16.6. The molecule has 2 rings (SSSR count). The van der Waals surface area contributed by atoms with E-state index in [-0.39, 0.29) is 16.3 Å². The van der Waals surface area contributed by atoms with Crippen LogP contribution in [0.25, 0.3) is 0 Å². The van der Waals surface area contributed by atoms with Crippen molar-refractivity contribution in [2.75, 3.05) is 7.05 Å². The third-order valence-corrected chi connectivity index (χ3v) is 6.53. The van der Waals surface area contributed by atoms with Crippen molar-refractivity contribution in [3.8, 4) is 0 Å². The highest BCUT2D eigenvalue weighted by molar-refractivity contribution is 7.91. The number of carbonyl (C=O) groups is 1. The number of hydrogen-bond acceptors (Lipinski definition) is 4. The van der Waals surface area contributed by atoms with Crippen LogP contribution < -0.4 is 15.4 Å². The molecule has 0 aromatic carbocycles. The molecule has 1 aliphatic carbocycles. The third-order valence-electron chi connectivity index (χ3n) is 3.53. The summed E-state index contributed by atoms with van der Waals surface area (Å²) in [6, 6.07) is 3.35. The van der Waals surface area contributed by atoms with Crippen LogP contribution in [-0.2, 0) is 16.6 Å². The number of sulfonamides is 1. The van der Waals surface area contributed by atoms with Gasteiger partial charge in [-0.1, -0.05) is 19.3 Å². The maximum absolute atomic E-state index is 11.8. The van der Waals surface area contributed by atoms with Gasteiger partial charge in [0.25, 0.3) is 0 Å². The molecule has 1 aromatic rings. The minimum atomic E-state index is -3.40. The van der Waals surface area contributed by atoms with Gasteiger partial charge in [0.2, 0.25) is 10.0 Å². The Labute approximate surface area is 129 Å². The highest BCUT2D eigenvalue weighted by atomic mass is 32.2. The predicted octanol–water partition coefficient (Wildman–Crippen LogP) is 1.79. The van der Waals surface area contributed by atoms with E-state index in [4.69, 9.17) is 0 Å². The topological polar surface area (TPSA) is 87.3 Å². The second-order valence-electron chi connectivity index (χ2n) is 5.09. The maximum atomic E-state index is 11.8. The SMILES string of the molecule is CNS(=O)(=O)c1ccc(CNC(=O)NC2CCCCC2)s1. The Kier molecular flexibility index (Phi) is 5.60. The number of hydrogen-bond donors (Lipinski definition) is 3. The highest BCUT2D eigenvalue weighted by Gasteiger charge is 2.16. The van der Waals surface area contributed by atoms with Gasteiger partial charge in [0.05, 0.1) is 6.54 Å². The van der Waals surface area contributed by atoms with E-state index in [1.807, 2.05) is 0 Å². The van der Waals surface area contributed by atoms with Crippen LogP contribution in [0.5, 0.6) is 0 Å². The van der Waals surface area contributed by atoms with Gasteiger partial charge in [0.1, 0.15) is 4.21 Å². The average Bonchev–Trinajstić information content (AvgIpc) is 2.96. The van der Waals surface area contributed by atoms with Gasteiger partial charge in [-0.25, -0.2) is 17.9 Å². The number of urea groups is 1. The smallest absolute Gasteiger partial charge is 0.315 e. The van der Waals surface area contributed by atoms with Crippen LogP contribution in [0.3, 0.4) is 0 Å². The molecule has 0 spiro atoms. The molecule has 1 heterocycles. The van der Waals surface area contributed by atoms with Gasteiger partial charge in [-0.2, -0.15) is 0 Å². The highest BCUT2D eigenvalue weighted by Crippen LogP contribution is 2.21. The summed E-state index contributed by atoms with van der Waals surface area (Å²) in [7, 11) is -2.02. The first kappa shape index (κ1) is 16.3. The molecule has 0 unspecified atom stereocenters. The summed E-state index contributed by atoms with van der Waals surface area (Å²) in [6.07, 6.45) is 5.66. The summed E-state index contributed by atoms with van der Waals surface area (Å²) in [5.74, 6) is 0. The van der Waals surface area contributed by atoms with E-state index in [9.17, 15) is 13.2 Å². The second-order valence-corrected chi connectivity index (χ2v) is 8.37. The fourth-order valence-corrected chi connectivity index (χ4v) is 4.48. The largest absolute Gasteiger partial charge is 0.335 e. The first-order valence-corrected chi connectivity index (χ1v) is 9.38. The molecule has 0 radical (unpaired) electrons. The van der Waals surface area contributed by atoms with E-state index in [2.05, 4.69) is 15.4 Å². The first-order valence-electron chi connectivity index (χ1n) is 7.08. The van der Waals surface area contributed by atoms with Crippen LogP contribution >= 0.6 is 11.3 Å². The van der Waals surface area contributed by atoms with E-state index in [0.29, 0.717) is 6.54 Å². The van der Waals surface area contributed by atoms with Crippen LogP contribution in [0, 0.1) is 0 Å². The number of nitrogens with one attached hydrogen (secondary N) is 3. The second kappa shape index (κ2) is 7.24. The Morgan fingerprint density at radius 3 is 2.67 bits per heavy atom. The zero-order valence-corrected chi connectivity index (χ0v) is 13.6. The fraction of sp³-hybridized carbons (Fsp3) is 0.615. The van der Waals surface area contributed by atoms with E-state index in [1.54, 1.807) is 12.1 Å². The van der Waals surface area contributed by atoms with Crippen molar-refractivity contribution in [1.82, 2.24) is 15.4 Å². The van der Waals surface area contributed by atoms with Crippen LogP contribution in [0.4, 0.5) is 4.79 Å². The summed E-state index contributed by atoms with van der Waals surface area (Å²) in [4.78, 5) is 12.6. The molecule has 1 saturated carbocycles. The van der Waals surface area contributed by atoms with Gasteiger partial charge in [-0.05, 0) is 32.0 Å². The van der Waals surface area contributed by atoms with E-state index < -0.39 is 10.0 Å². The van der Waals surface area contributed by atoms with Gasteiger partial charge < -0.3 is 10.6 Å². The number of carbonyl (C=O) groups excluding carboxylic acids is 1. The minimum Gasteiger partial charge on any atom is -0.335 e. The van der Waals surface area contributed by atoms with E-state index in [0.717, 1.165) is 29.1 Å². The number of rotatable bonds is 5. The summed E-state index contributed by atoms with van der Waals surface area (Å²) in [5, 5.41) is 5.74. The summed E-state index contributed by atoms with van der Waals surface area (Å²) >= 11 is 1.16. The average molecular weight is 331 g/mol. The molecule has 0 atom stereocenters. The molecule has 6 nitrogen and oxygen atoms in total. The van der Waals surface area contributed by atoms with Crippen LogP contribution in [0.2, 0.25) is 0 Å². The molecule has 0 bridgehead atoms. The van der Waals surface area contributed by atoms with Crippen molar-refractivity contribution >= 4 is 27.4 Å². The predicted molar refractivity (Wildman–Crippen MR) is 82.8 cm³/mol. The van der Waals surface area contributed by atoms with Crippen molar-refractivity contribution in [2.24, 2.45) is 0 Å². The van der Waals surface area contributed by atoms with Crippen molar-refractivity contribution in [1.29, 1.82) is 0 Å². The Balaban J connectivity index is 1.81. The lowest BCUT2D eigenvalue weighted by atomic mass is 9.96. The Hall–Kier alpha value is -1.12. The van der Waals surface area contributed by atoms with Crippen molar-refractivity contribution in [3.05, 3.63) is 17.0 Å². The Bertz CT molecular complexity index is 577. The standard InChI is InChI=1S/C13H21N3O3S2/c1-14-21(18,19)12-8-7-11(20-12)9-15-13(17)16-10-5-3-2-4-6-10/h7-8,10,14H,2-6,9H2,1H3,(H2,15,16,17). The molecule has 3 N–H and O–H groups in total. The number of thiophene rings is 1. The quantitative estimate of drug-likeness (QED) is 0.769. The Morgan fingerprint density at radius 2 is 2.00 bits per heavy atom. The molecule has 1 aliphatic rings. The van der Waals surface area contributed by atoms with Crippen LogP contribution in [0.1, 0.15) is 37.0 Å². The molecule has 118 valence electrons. The zero-order valence-electron chi connectivity index (χ0n) is 12.0. The maximum Gasteiger partial charge on any atom is 0.315 e. The van der Waals surface area contributed by atoms with Crippen molar-refractivity contribution in [3.63, 3.8) is 0 Å². The summed E-state index contributed by atoms with van der Waals surface area (Å²) in [5.41, 5.74) is 0. The molecule has 1 fully saturated rings. The minimum absolute atomic E-state index is 0.187. The molecule has 1 aromatic heterocycles. The monoisotopic (exact) mass is 331 g/mol. The lowest BCUT2D eigenvalue weighted by Gasteiger charge is -2.22. The van der Waals surface area contributed by atoms with Crippen LogP contribution in [0.15, 0.2) is 16.3 Å². The number of amides is 2. The van der Waals surface area contributed by atoms with Gasteiger partial charge in [0, 0.05) is 10.9 Å². The molecular weight excluding hydrogens is 310 g/mol. The third kappa shape index (κ3) is 4.69. The first-order chi connectivity index (χ1) is 10.0. The molecule has 0 saturated heterocycles. The molecule has 21 heavy (non-hydrogen) atoms. The lowest BCUT2D eigenvalue weighted by Crippen LogP contribution is -2.42. The molecule has 8 heteroatoms. The summed E-state index contributed by atoms with van der Waals surface area (Å²) < 4.78 is 25.8. The van der Waals surface area contributed by atoms with Crippen molar-refractivity contribution in [2.45, 2.75) is 48.9 Å². The fourth-order valence-electron chi connectivity index (χ4n) is 2.35. The van der Waals surface area contributed by atoms with Gasteiger partial charge in [0.15, 0.2) is 0 Å². The van der Waals surface area contributed by atoms with Crippen LogP contribution in [-0.4, -0.2) is 27.5 Å². The molecule has 0 aliphatic heterocycles. The molecular formula is C13H21N3O3S2. The lowest BCUT2D eigenvalue weighted by molar-refractivity contribution is 0.232. The van der Waals surface area contributed by atoms with Gasteiger partial charge >= 0.3 is 6.03 Å².